The fourth-order valence-electron chi connectivity index (χ4n) is 1.94. The first-order chi connectivity index (χ1) is 10.1. The second-order valence-corrected chi connectivity index (χ2v) is 6.60. The number of benzene rings is 1. The van der Waals surface area contributed by atoms with Crippen molar-refractivity contribution in [3.05, 3.63) is 56.7 Å². The van der Waals surface area contributed by atoms with Gasteiger partial charge in [0.1, 0.15) is 0 Å². The lowest BCUT2D eigenvalue weighted by atomic mass is 10.1. The molecular formula is C16H16BrNO2S. The number of Topliss-reactive ketones (excluding diaryl/α,β-unsaturated/α-hetero) is 1. The van der Waals surface area contributed by atoms with Crippen LogP contribution in [0.25, 0.3) is 0 Å². The molecule has 0 unspecified atom stereocenters. The standard InChI is InChI=1S/C16H16BrNO2S/c1-11(12-4-6-13(17)7-5-12)18-16(20)9-8-14(19)15-3-2-10-21-15/h2-7,10-11H,8-9H2,1H3,(H,18,20)/t11-/m1/s1. The molecule has 5 heteroatoms. The van der Waals surface area contributed by atoms with Gasteiger partial charge < -0.3 is 5.32 Å². The largest absolute Gasteiger partial charge is 0.350 e. The third-order valence-corrected chi connectivity index (χ3v) is 4.56. The Balaban J connectivity index is 1.81. The van der Waals surface area contributed by atoms with Crippen molar-refractivity contribution in [2.24, 2.45) is 0 Å². The Bertz CT molecular complexity index is 608. The number of carbonyl (C=O) groups excluding carboxylic acids is 2. The molecule has 0 aliphatic heterocycles. The van der Waals surface area contributed by atoms with Gasteiger partial charge in [-0.25, -0.2) is 0 Å². The molecule has 0 saturated heterocycles. The van der Waals surface area contributed by atoms with E-state index in [2.05, 4.69) is 21.2 Å². The number of carbonyl (C=O) groups is 2. The molecule has 0 spiro atoms. The van der Waals surface area contributed by atoms with Gasteiger partial charge >= 0.3 is 0 Å². The topological polar surface area (TPSA) is 46.2 Å². The zero-order chi connectivity index (χ0) is 15.2. The summed E-state index contributed by atoms with van der Waals surface area (Å²) in [5.74, 6) is -0.0771. The Morgan fingerprint density at radius 1 is 1.19 bits per heavy atom. The van der Waals surface area contributed by atoms with Gasteiger partial charge in [-0.3, -0.25) is 9.59 Å². The molecule has 2 rings (SSSR count). The van der Waals surface area contributed by atoms with Crippen LogP contribution in [-0.4, -0.2) is 11.7 Å². The summed E-state index contributed by atoms with van der Waals surface area (Å²) in [4.78, 5) is 24.4. The van der Waals surface area contributed by atoms with Crippen LogP contribution in [0.3, 0.4) is 0 Å². The number of amides is 1. The zero-order valence-electron chi connectivity index (χ0n) is 11.6. The smallest absolute Gasteiger partial charge is 0.220 e. The molecule has 3 nitrogen and oxygen atoms in total. The molecule has 1 atom stereocenters. The van der Waals surface area contributed by atoms with Crippen LogP contribution in [0.5, 0.6) is 0 Å². The SMILES string of the molecule is C[C@@H](NC(=O)CCC(=O)c1cccs1)c1ccc(Br)cc1. The summed E-state index contributed by atoms with van der Waals surface area (Å²) < 4.78 is 1.01. The van der Waals surface area contributed by atoms with Crippen molar-refractivity contribution in [2.75, 3.05) is 0 Å². The molecular weight excluding hydrogens is 350 g/mol. The number of hydrogen-bond donors (Lipinski definition) is 1. The Morgan fingerprint density at radius 3 is 2.52 bits per heavy atom. The Labute approximate surface area is 136 Å². The van der Waals surface area contributed by atoms with E-state index >= 15 is 0 Å². The highest BCUT2D eigenvalue weighted by Gasteiger charge is 2.12. The highest BCUT2D eigenvalue weighted by molar-refractivity contribution is 9.10. The molecule has 1 N–H and O–H groups in total. The van der Waals surface area contributed by atoms with Crippen LogP contribution in [-0.2, 0) is 4.79 Å². The number of halogens is 1. The normalized spacial score (nSPS) is 11.9. The van der Waals surface area contributed by atoms with Gasteiger partial charge in [0.05, 0.1) is 10.9 Å². The molecule has 0 radical (unpaired) electrons. The molecule has 0 fully saturated rings. The van der Waals surface area contributed by atoms with Crippen molar-refractivity contribution in [3.63, 3.8) is 0 Å². The van der Waals surface area contributed by atoms with Gasteiger partial charge in [-0.1, -0.05) is 34.1 Å². The summed E-state index contributed by atoms with van der Waals surface area (Å²) in [6.45, 7) is 1.93. The van der Waals surface area contributed by atoms with E-state index in [-0.39, 0.29) is 30.6 Å². The number of nitrogens with one attached hydrogen (secondary N) is 1. The second-order valence-electron chi connectivity index (χ2n) is 4.74. The minimum absolute atomic E-state index is 0.0245. The molecule has 21 heavy (non-hydrogen) atoms. The maximum absolute atomic E-state index is 11.9. The number of hydrogen-bond acceptors (Lipinski definition) is 3. The van der Waals surface area contributed by atoms with Crippen LogP contribution in [0.4, 0.5) is 0 Å². The summed E-state index contributed by atoms with van der Waals surface area (Å²) in [5.41, 5.74) is 1.04. The first-order valence-corrected chi connectivity index (χ1v) is 8.35. The van der Waals surface area contributed by atoms with Crippen molar-refractivity contribution in [2.45, 2.75) is 25.8 Å². The van der Waals surface area contributed by atoms with Crippen molar-refractivity contribution < 1.29 is 9.59 Å². The third-order valence-electron chi connectivity index (χ3n) is 3.12. The first kappa shape index (κ1) is 15.9. The van der Waals surface area contributed by atoms with Crippen LogP contribution in [0.15, 0.2) is 46.3 Å². The average Bonchev–Trinajstić information content (AvgIpc) is 2.99. The van der Waals surface area contributed by atoms with Crippen molar-refractivity contribution in [3.8, 4) is 0 Å². The van der Waals surface area contributed by atoms with Crippen molar-refractivity contribution >= 4 is 39.0 Å². The molecule has 1 aromatic carbocycles. The lowest BCUT2D eigenvalue weighted by molar-refractivity contribution is -0.121. The zero-order valence-corrected chi connectivity index (χ0v) is 14.0. The predicted molar refractivity (Wildman–Crippen MR) is 88.6 cm³/mol. The monoisotopic (exact) mass is 365 g/mol. The van der Waals surface area contributed by atoms with E-state index in [9.17, 15) is 9.59 Å². The first-order valence-electron chi connectivity index (χ1n) is 6.68. The van der Waals surface area contributed by atoms with E-state index in [0.717, 1.165) is 10.0 Å². The molecule has 0 aliphatic carbocycles. The fourth-order valence-corrected chi connectivity index (χ4v) is 2.89. The van der Waals surface area contributed by atoms with Gasteiger partial charge in [-0.15, -0.1) is 11.3 Å². The third kappa shape index (κ3) is 4.79. The lowest BCUT2D eigenvalue weighted by Crippen LogP contribution is -2.26. The van der Waals surface area contributed by atoms with E-state index in [4.69, 9.17) is 0 Å². The quantitative estimate of drug-likeness (QED) is 0.773. The number of ketones is 1. The second kappa shape index (κ2) is 7.52. The molecule has 0 aliphatic rings. The van der Waals surface area contributed by atoms with Gasteiger partial charge in [0.25, 0.3) is 0 Å². The van der Waals surface area contributed by atoms with E-state index < -0.39 is 0 Å². The van der Waals surface area contributed by atoms with E-state index in [0.29, 0.717) is 4.88 Å². The van der Waals surface area contributed by atoms with Gasteiger partial charge in [0, 0.05) is 17.3 Å². The summed E-state index contributed by atoms with van der Waals surface area (Å²) in [6.07, 6.45) is 0.469. The summed E-state index contributed by atoms with van der Waals surface area (Å²) in [7, 11) is 0. The molecule has 1 amide bonds. The molecule has 0 bridgehead atoms. The van der Waals surface area contributed by atoms with Crippen LogP contribution < -0.4 is 5.32 Å². The maximum Gasteiger partial charge on any atom is 0.220 e. The molecule has 1 heterocycles. The molecule has 110 valence electrons. The Kier molecular flexibility index (Phi) is 5.70. The maximum atomic E-state index is 11.9. The molecule has 1 aromatic heterocycles. The van der Waals surface area contributed by atoms with Crippen molar-refractivity contribution in [1.82, 2.24) is 5.32 Å². The summed E-state index contributed by atoms with van der Waals surface area (Å²) >= 11 is 4.79. The van der Waals surface area contributed by atoms with E-state index in [1.54, 1.807) is 6.07 Å². The van der Waals surface area contributed by atoms with Crippen LogP contribution in [0, 0.1) is 0 Å². The van der Waals surface area contributed by atoms with Gasteiger partial charge in [-0.05, 0) is 36.1 Å². The Morgan fingerprint density at radius 2 is 1.90 bits per heavy atom. The van der Waals surface area contributed by atoms with Crippen LogP contribution in [0.1, 0.15) is 41.0 Å². The van der Waals surface area contributed by atoms with E-state index in [1.807, 2.05) is 42.6 Å². The minimum Gasteiger partial charge on any atom is -0.350 e. The van der Waals surface area contributed by atoms with Gasteiger partial charge in [0.2, 0.25) is 5.91 Å². The van der Waals surface area contributed by atoms with Crippen molar-refractivity contribution in [1.29, 1.82) is 0 Å². The fraction of sp³-hybridized carbons (Fsp3) is 0.250. The van der Waals surface area contributed by atoms with Gasteiger partial charge in [-0.2, -0.15) is 0 Å². The van der Waals surface area contributed by atoms with E-state index in [1.165, 1.54) is 11.3 Å². The van der Waals surface area contributed by atoms with Crippen LogP contribution >= 0.6 is 27.3 Å². The van der Waals surface area contributed by atoms with Gasteiger partial charge in [0.15, 0.2) is 5.78 Å². The molecule has 2 aromatic rings. The average molecular weight is 366 g/mol. The van der Waals surface area contributed by atoms with Crippen LogP contribution in [0.2, 0.25) is 0 Å². The minimum atomic E-state index is -0.102. The highest BCUT2D eigenvalue weighted by atomic mass is 79.9. The number of rotatable bonds is 6. The summed E-state index contributed by atoms with van der Waals surface area (Å²) in [6, 6.07) is 11.4. The lowest BCUT2D eigenvalue weighted by Gasteiger charge is -2.14. The Hall–Kier alpha value is -1.46. The number of thiophene rings is 1. The highest BCUT2D eigenvalue weighted by Crippen LogP contribution is 2.17. The predicted octanol–water partition coefficient (Wildman–Crippen LogP) is 4.35. The summed E-state index contributed by atoms with van der Waals surface area (Å²) in [5, 5.41) is 4.78. The molecule has 0 saturated carbocycles.